The summed E-state index contributed by atoms with van der Waals surface area (Å²) in [4.78, 5) is 9.84. The van der Waals surface area contributed by atoms with E-state index in [1.165, 1.54) is 0 Å². The summed E-state index contributed by atoms with van der Waals surface area (Å²) in [6.45, 7) is 20.1. The maximum absolute atomic E-state index is 6.92. The SMILES string of the molecule is CC(C)(C)[Si](C)(C)OC1CO[C@H]2[C@@H]1OC[C@H]2Oc1nc2nc(-c3ccc(-c4ccc(Br)cc4)cc3)c(Cl)cc2n1COCC[Si](C)(C)C. The molecule has 258 valence electrons. The van der Waals surface area contributed by atoms with E-state index in [4.69, 9.17) is 44.9 Å². The molecule has 0 amide bonds. The second kappa shape index (κ2) is 13.9. The maximum atomic E-state index is 6.92. The van der Waals surface area contributed by atoms with Gasteiger partial charge in [0.25, 0.3) is 0 Å². The molecule has 0 saturated carbocycles. The molecule has 2 fully saturated rings. The fourth-order valence-corrected chi connectivity index (χ4v) is 8.33. The van der Waals surface area contributed by atoms with Crippen LogP contribution in [0, 0.1) is 0 Å². The van der Waals surface area contributed by atoms with Crippen LogP contribution >= 0.6 is 27.5 Å². The van der Waals surface area contributed by atoms with Crippen LogP contribution in [0.25, 0.3) is 33.5 Å². The Bertz CT molecular complexity index is 1740. The van der Waals surface area contributed by atoms with Crippen molar-refractivity contribution in [3.8, 4) is 28.4 Å². The molecule has 2 aliphatic heterocycles. The molecule has 48 heavy (non-hydrogen) atoms. The van der Waals surface area contributed by atoms with Gasteiger partial charge in [-0.1, -0.05) is 104 Å². The van der Waals surface area contributed by atoms with Crippen molar-refractivity contribution in [2.45, 2.75) is 95.7 Å². The van der Waals surface area contributed by atoms with Gasteiger partial charge in [0.15, 0.2) is 20.1 Å². The lowest BCUT2D eigenvalue weighted by Crippen LogP contribution is -2.47. The molecule has 0 spiro atoms. The van der Waals surface area contributed by atoms with E-state index in [2.05, 4.69) is 93.7 Å². The highest BCUT2D eigenvalue weighted by molar-refractivity contribution is 9.10. The Hall–Kier alpha value is -2.10. The first-order chi connectivity index (χ1) is 22.6. The van der Waals surface area contributed by atoms with Crippen molar-refractivity contribution in [3.05, 3.63) is 64.1 Å². The highest BCUT2D eigenvalue weighted by atomic mass is 79.9. The van der Waals surface area contributed by atoms with E-state index in [1.54, 1.807) is 0 Å². The van der Waals surface area contributed by atoms with Crippen LogP contribution in [0.3, 0.4) is 0 Å². The number of hydrogen-bond acceptors (Lipinski definition) is 7. The van der Waals surface area contributed by atoms with Crippen molar-refractivity contribution in [2.75, 3.05) is 19.8 Å². The first-order valence-electron chi connectivity index (χ1n) is 16.7. The number of hydrogen-bond donors (Lipinski definition) is 0. The van der Waals surface area contributed by atoms with E-state index in [0.29, 0.717) is 42.2 Å². The standard InChI is InChI=1S/C36H47BrClN3O5Si2/c1-36(2,3)48(7,8)46-30-21-44-32-29(20-43-33(30)32)45-35-40-34-28(41(35)22-42-17-18-47(4,5)6)19-27(38)31(39-34)25-11-9-23(10-12-25)24-13-15-26(37)16-14-24/h9-16,19,29-30,32-33H,17-18,20-22H2,1-8H3/t29-,30?,32-,33-/m1/s1. The summed E-state index contributed by atoms with van der Waals surface area (Å²) in [5.74, 6) is 0. The predicted octanol–water partition coefficient (Wildman–Crippen LogP) is 9.43. The molecule has 0 aliphatic carbocycles. The van der Waals surface area contributed by atoms with E-state index in [-0.39, 0.29) is 36.2 Å². The lowest BCUT2D eigenvalue weighted by atomic mass is 10.0. The third-order valence-electron chi connectivity index (χ3n) is 9.68. The number of nitrogens with zero attached hydrogens (tertiary/aromatic N) is 3. The maximum Gasteiger partial charge on any atom is 0.301 e. The zero-order chi connectivity index (χ0) is 34.4. The van der Waals surface area contributed by atoms with Gasteiger partial charge in [-0.05, 0) is 53.5 Å². The molecule has 0 bridgehead atoms. The Kier molecular flexibility index (Phi) is 10.3. The molecule has 4 atom stereocenters. The van der Waals surface area contributed by atoms with Crippen LogP contribution in [-0.2, 0) is 25.4 Å². The summed E-state index contributed by atoms with van der Waals surface area (Å²) in [6, 6.07) is 19.9. The molecule has 2 aromatic carbocycles. The van der Waals surface area contributed by atoms with E-state index in [1.807, 2.05) is 34.9 Å². The van der Waals surface area contributed by atoms with Gasteiger partial charge in [-0.2, -0.15) is 4.98 Å². The number of imidazole rings is 1. The second-order valence-electron chi connectivity index (χ2n) is 15.6. The van der Waals surface area contributed by atoms with E-state index in [0.717, 1.165) is 32.7 Å². The monoisotopic (exact) mass is 771 g/mol. The van der Waals surface area contributed by atoms with Crippen molar-refractivity contribution in [1.82, 2.24) is 14.5 Å². The van der Waals surface area contributed by atoms with Crippen molar-refractivity contribution >= 4 is 55.1 Å². The van der Waals surface area contributed by atoms with Gasteiger partial charge < -0.3 is 23.4 Å². The molecular weight excluding hydrogens is 726 g/mol. The average Bonchev–Trinajstić information content (AvgIpc) is 3.69. The zero-order valence-electron chi connectivity index (χ0n) is 29.2. The van der Waals surface area contributed by atoms with Crippen molar-refractivity contribution < 1.29 is 23.4 Å². The number of aromatic nitrogens is 3. The van der Waals surface area contributed by atoms with E-state index >= 15 is 0 Å². The van der Waals surface area contributed by atoms with Crippen LogP contribution in [-0.4, -0.2) is 75.2 Å². The Morgan fingerprint density at radius 3 is 2.08 bits per heavy atom. The zero-order valence-corrected chi connectivity index (χ0v) is 33.5. The lowest BCUT2D eigenvalue weighted by molar-refractivity contribution is 0.00691. The molecule has 4 heterocycles. The minimum Gasteiger partial charge on any atom is -0.456 e. The predicted molar refractivity (Wildman–Crippen MR) is 201 cm³/mol. The van der Waals surface area contributed by atoms with Crippen LogP contribution in [0.2, 0.25) is 48.8 Å². The van der Waals surface area contributed by atoms with E-state index in [9.17, 15) is 0 Å². The highest BCUT2D eigenvalue weighted by Gasteiger charge is 2.52. The fourth-order valence-electron chi connectivity index (χ4n) is 5.74. The van der Waals surface area contributed by atoms with Crippen LogP contribution in [0.4, 0.5) is 0 Å². The molecule has 0 radical (unpaired) electrons. The van der Waals surface area contributed by atoms with Crippen LogP contribution in [0.1, 0.15) is 20.8 Å². The summed E-state index contributed by atoms with van der Waals surface area (Å²) >= 11 is 10.4. The van der Waals surface area contributed by atoms with Crippen LogP contribution < -0.4 is 4.74 Å². The molecule has 2 saturated heterocycles. The Balaban J connectivity index is 1.26. The van der Waals surface area contributed by atoms with Crippen molar-refractivity contribution in [1.29, 1.82) is 0 Å². The van der Waals surface area contributed by atoms with Gasteiger partial charge in [0.2, 0.25) is 0 Å². The quantitative estimate of drug-likeness (QED) is 0.111. The lowest BCUT2D eigenvalue weighted by Gasteiger charge is -2.39. The topological polar surface area (TPSA) is 76.9 Å². The summed E-state index contributed by atoms with van der Waals surface area (Å²) in [7, 11) is -3.27. The molecule has 2 aromatic heterocycles. The molecule has 0 N–H and O–H groups in total. The van der Waals surface area contributed by atoms with Crippen LogP contribution in [0.15, 0.2) is 59.1 Å². The molecule has 4 aromatic rings. The summed E-state index contributed by atoms with van der Waals surface area (Å²) in [5, 5.41) is 0.622. The van der Waals surface area contributed by atoms with Gasteiger partial charge in [0, 0.05) is 24.7 Å². The minimum atomic E-state index is -2.00. The van der Waals surface area contributed by atoms with Gasteiger partial charge in [-0.15, -0.1) is 0 Å². The number of benzene rings is 2. The third kappa shape index (κ3) is 7.78. The molecule has 12 heteroatoms. The fraction of sp³-hybridized carbons (Fsp3) is 0.500. The average molecular weight is 773 g/mol. The van der Waals surface area contributed by atoms with E-state index < -0.39 is 16.4 Å². The number of fused-ring (bicyclic) bond motifs is 2. The largest absolute Gasteiger partial charge is 0.456 e. The van der Waals surface area contributed by atoms with Gasteiger partial charge in [0.05, 0.1) is 35.6 Å². The van der Waals surface area contributed by atoms with Crippen molar-refractivity contribution in [2.24, 2.45) is 0 Å². The summed E-state index contributed by atoms with van der Waals surface area (Å²) < 4.78 is 35.0. The third-order valence-corrected chi connectivity index (χ3v) is 16.7. The molecule has 2 aliphatic rings. The second-order valence-corrected chi connectivity index (χ2v) is 27.3. The van der Waals surface area contributed by atoms with Crippen molar-refractivity contribution in [3.63, 3.8) is 0 Å². The highest BCUT2D eigenvalue weighted by Crippen LogP contribution is 2.41. The number of ether oxygens (including phenoxy) is 4. The number of pyridine rings is 1. The Labute approximate surface area is 299 Å². The molecule has 1 unspecified atom stereocenters. The smallest absolute Gasteiger partial charge is 0.301 e. The van der Waals surface area contributed by atoms with Gasteiger partial charge in [0.1, 0.15) is 18.9 Å². The first kappa shape index (κ1) is 35.7. The normalized spacial score (nSPS) is 21.6. The van der Waals surface area contributed by atoms with Gasteiger partial charge in [-0.3, -0.25) is 4.57 Å². The minimum absolute atomic E-state index is 0.0919. The number of halogens is 2. The molecular formula is C36H47BrClN3O5Si2. The van der Waals surface area contributed by atoms with Gasteiger partial charge >= 0.3 is 6.01 Å². The molecule has 8 nitrogen and oxygen atoms in total. The number of rotatable bonds is 11. The summed E-state index contributed by atoms with van der Waals surface area (Å²) in [6.07, 6.45) is -0.903. The van der Waals surface area contributed by atoms with Gasteiger partial charge in [-0.25, -0.2) is 4.98 Å². The first-order valence-corrected chi connectivity index (χ1v) is 24.5. The Morgan fingerprint density at radius 2 is 1.46 bits per heavy atom. The van der Waals surface area contributed by atoms with Crippen LogP contribution in [0.5, 0.6) is 6.01 Å². The summed E-state index contributed by atoms with van der Waals surface area (Å²) in [5.41, 5.74) is 5.11. The Morgan fingerprint density at radius 1 is 0.875 bits per heavy atom. The molecule has 6 rings (SSSR count).